The highest BCUT2D eigenvalue weighted by atomic mass is 19.4. The third-order valence-corrected chi connectivity index (χ3v) is 4.73. The number of anilines is 1. The van der Waals surface area contributed by atoms with Crippen LogP contribution in [-0.4, -0.2) is 48.5 Å². The van der Waals surface area contributed by atoms with Crippen molar-refractivity contribution >= 4 is 34.5 Å². The third kappa shape index (κ3) is 6.63. The average molecular weight is 457 g/mol. The van der Waals surface area contributed by atoms with Crippen molar-refractivity contribution in [3.8, 4) is 0 Å². The first-order valence-electron chi connectivity index (χ1n) is 10.1. The van der Waals surface area contributed by atoms with Gasteiger partial charge in [0.2, 0.25) is 11.8 Å². The van der Waals surface area contributed by atoms with Crippen LogP contribution in [0.1, 0.15) is 11.3 Å². The highest BCUT2D eigenvalue weighted by Crippen LogP contribution is 2.34. The molecule has 1 heterocycles. The van der Waals surface area contributed by atoms with Crippen molar-refractivity contribution in [2.24, 2.45) is 0 Å². The van der Waals surface area contributed by atoms with E-state index < -0.39 is 30.1 Å². The molecule has 1 aromatic heterocycles. The zero-order valence-corrected chi connectivity index (χ0v) is 17.8. The van der Waals surface area contributed by atoms with E-state index in [0.29, 0.717) is 5.69 Å². The van der Waals surface area contributed by atoms with Gasteiger partial charge in [-0.3, -0.25) is 9.59 Å². The predicted octanol–water partition coefficient (Wildman–Crippen LogP) is 4.38. The van der Waals surface area contributed by atoms with Gasteiger partial charge in [-0.05, 0) is 30.3 Å². The molecule has 9 heteroatoms. The number of pyridine rings is 1. The van der Waals surface area contributed by atoms with Crippen molar-refractivity contribution in [2.75, 3.05) is 32.1 Å². The lowest BCUT2D eigenvalue weighted by Gasteiger charge is -2.21. The molecular weight excluding hydrogens is 435 g/mol. The number of nitrogens with one attached hydrogen (secondary N) is 1. The van der Waals surface area contributed by atoms with Gasteiger partial charge in [0.25, 0.3) is 0 Å². The number of halogens is 3. The van der Waals surface area contributed by atoms with Gasteiger partial charge in [-0.15, -0.1) is 0 Å². The Hall–Kier alpha value is -3.72. The summed E-state index contributed by atoms with van der Waals surface area (Å²) in [5.41, 5.74) is -0.0104. The van der Waals surface area contributed by atoms with E-state index in [1.165, 1.54) is 36.3 Å². The Morgan fingerprint density at radius 3 is 2.55 bits per heavy atom. The molecule has 0 bridgehead atoms. The molecular formula is C24H22F3N3O3. The van der Waals surface area contributed by atoms with Gasteiger partial charge in [-0.25, -0.2) is 4.98 Å². The standard InChI is InChI=1S/C24H22F3N3O3/c1-33-15-14-30(16-22(31)29-21-9-5-3-7-19(21)24(25,26)27)23(32)13-12-18-11-10-17-6-2-4-8-20(17)28-18/h2-13H,14-16H2,1H3,(H,29,31)/b13-12+. The number of benzene rings is 2. The van der Waals surface area contributed by atoms with E-state index in [4.69, 9.17) is 4.74 Å². The predicted molar refractivity (Wildman–Crippen MR) is 119 cm³/mol. The molecule has 0 radical (unpaired) electrons. The second-order valence-electron chi connectivity index (χ2n) is 7.11. The summed E-state index contributed by atoms with van der Waals surface area (Å²) in [4.78, 5) is 30.8. The van der Waals surface area contributed by atoms with Crippen molar-refractivity contribution < 1.29 is 27.5 Å². The molecule has 0 saturated carbocycles. The maximum absolute atomic E-state index is 13.2. The Bertz CT molecular complexity index is 1160. The van der Waals surface area contributed by atoms with E-state index in [9.17, 15) is 22.8 Å². The second kappa shape index (κ2) is 10.7. The fraction of sp³-hybridized carbons (Fsp3) is 0.208. The summed E-state index contributed by atoms with van der Waals surface area (Å²) >= 11 is 0. The Labute approximate surface area is 188 Å². The van der Waals surface area contributed by atoms with E-state index in [2.05, 4.69) is 10.3 Å². The Kier molecular flexibility index (Phi) is 7.78. The van der Waals surface area contributed by atoms with E-state index >= 15 is 0 Å². The summed E-state index contributed by atoms with van der Waals surface area (Å²) in [6, 6.07) is 15.8. The van der Waals surface area contributed by atoms with Gasteiger partial charge < -0.3 is 15.0 Å². The lowest BCUT2D eigenvalue weighted by molar-refractivity contribution is -0.137. The lowest BCUT2D eigenvalue weighted by Crippen LogP contribution is -2.39. The molecule has 2 aromatic carbocycles. The molecule has 0 atom stereocenters. The van der Waals surface area contributed by atoms with Crippen LogP contribution in [0, 0.1) is 0 Å². The third-order valence-electron chi connectivity index (χ3n) is 4.73. The number of carbonyl (C=O) groups is 2. The first kappa shape index (κ1) is 23.9. The number of para-hydroxylation sites is 2. The Morgan fingerprint density at radius 1 is 1.06 bits per heavy atom. The van der Waals surface area contributed by atoms with Gasteiger partial charge in [0.15, 0.2) is 0 Å². The van der Waals surface area contributed by atoms with Crippen molar-refractivity contribution in [3.05, 3.63) is 78.0 Å². The minimum Gasteiger partial charge on any atom is -0.383 e. The number of amides is 2. The minimum absolute atomic E-state index is 0.0825. The number of carbonyl (C=O) groups excluding carboxylic acids is 2. The molecule has 0 spiro atoms. The molecule has 2 amide bonds. The van der Waals surface area contributed by atoms with Gasteiger partial charge >= 0.3 is 6.18 Å². The zero-order valence-electron chi connectivity index (χ0n) is 17.8. The molecule has 3 aromatic rings. The molecule has 33 heavy (non-hydrogen) atoms. The van der Waals surface area contributed by atoms with E-state index in [0.717, 1.165) is 23.0 Å². The van der Waals surface area contributed by atoms with E-state index in [1.807, 2.05) is 30.3 Å². The zero-order chi connectivity index (χ0) is 23.8. The number of hydrogen-bond donors (Lipinski definition) is 1. The number of fused-ring (bicyclic) bond motifs is 1. The SMILES string of the molecule is COCCN(CC(=O)Nc1ccccc1C(F)(F)F)C(=O)/C=C/c1ccc2ccccc2n1. The van der Waals surface area contributed by atoms with Gasteiger partial charge in [0.1, 0.15) is 6.54 Å². The molecule has 1 N–H and O–H groups in total. The topological polar surface area (TPSA) is 71.5 Å². The lowest BCUT2D eigenvalue weighted by atomic mass is 10.1. The Balaban J connectivity index is 1.71. The fourth-order valence-electron chi connectivity index (χ4n) is 3.11. The number of methoxy groups -OCH3 is 1. The van der Waals surface area contributed by atoms with Gasteiger partial charge in [0, 0.05) is 25.1 Å². The largest absolute Gasteiger partial charge is 0.418 e. The summed E-state index contributed by atoms with van der Waals surface area (Å²) in [6.45, 7) is -0.205. The molecule has 0 unspecified atom stereocenters. The van der Waals surface area contributed by atoms with Crippen molar-refractivity contribution in [1.82, 2.24) is 9.88 Å². The molecule has 3 rings (SSSR count). The average Bonchev–Trinajstić information content (AvgIpc) is 2.79. The van der Waals surface area contributed by atoms with Crippen LogP contribution in [-0.2, 0) is 20.5 Å². The van der Waals surface area contributed by atoms with Crippen LogP contribution < -0.4 is 5.32 Å². The maximum Gasteiger partial charge on any atom is 0.418 e. The fourth-order valence-corrected chi connectivity index (χ4v) is 3.11. The first-order valence-corrected chi connectivity index (χ1v) is 10.1. The molecule has 172 valence electrons. The number of aromatic nitrogens is 1. The molecule has 0 aliphatic rings. The van der Waals surface area contributed by atoms with Crippen LogP contribution in [0.4, 0.5) is 18.9 Å². The molecule has 0 saturated heterocycles. The summed E-state index contributed by atoms with van der Waals surface area (Å²) in [6.07, 6.45) is -1.83. The van der Waals surface area contributed by atoms with Crippen molar-refractivity contribution in [3.63, 3.8) is 0 Å². The number of rotatable bonds is 8. The summed E-state index contributed by atoms with van der Waals surface area (Å²) in [7, 11) is 1.44. The summed E-state index contributed by atoms with van der Waals surface area (Å²) in [5, 5.41) is 3.20. The van der Waals surface area contributed by atoms with Crippen molar-refractivity contribution in [1.29, 1.82) is 0 Å². The van der Waals surface area contributed by atoms with Crippen LogP contribution in [0.2, 0.25) is 0 Å². The van der Waals surface area contributed by atoms with Crippen LogP contribution in [0.5, 0.6) is 0 Å². The molecule has 0 aliphatic carbocycles. The molecule has 0 fully saturated rings. The van der Waals surface area contributed by atoms with Crippen LogP contribution in [0.3, 0.4) is 0 Å². The summed E-state index contributed by atoms with van der Waals surface area (Å²) in [5.74, 6) is -1.25. The molecule has 0 aliphatic heterocycles. The van der Waals surface area contributed by atoms with Crippen LogP contribution >= 0.6 is 0 Å². The van der Waals surface area contributed by atoms with Crippen LogP contribution in [0.15, 0.2) is 66.7 Å². The van der Waals surface area contributed by atoms with Gasteiger partial charge in [-0.1, -0.05) is 36.4 Å². The minimum atomic E-state index is -4.62. The normalized spacial score (nSPS) is 11.6. The van der Waals surface area contributed by atoms with Crippen molar-refractivity contribution in [2.45, 2.75) is 6.18 Å². The van der Waals surface area contributed by atoms with E-state index in [1.54, 1.807) is 6.07 Å². The first-order chi connectivity index (χ1) is 15.8. The highest BCUT2D eigenvalue weighted by molar-refractivity contribution is 5.98. The number of hydrogen-bond acceptors (Lipinski definition) is 4. The number of nitrogens with zero attached hydrogens (tertiary/aromatic N) is 2. The summed E-state index contributed by atoms with van der Waals surface area (Å²) < 4.78 is 44.5. The molecule has 6 nitrogen and oxygen atoms in total. The Morgan fingerprint density at radius 2 is 1.79 bits per heavy atom. The monoisotopic (exact) mass is 457 g/mol. The quantitative estimate of drug-likeness (QED) is 0.510. The van der Waals surface area contributed by atoms with Gasteiger partial charge in [-0.2, -0.15) is 13.2 Å². The smallest absolute Gasteiger partial charge is 0.383 e. The van der Waals surface area contributed by atoms with Crippen LogP contribution in [0.25, 0.3) is 17.0 Å². The number of alkyl halides is 3. The van der Waals surface area contributed by atoms with E-state index in [-0.39, 0.29) is 18.8 Å². The van der Waals surface area contributed by atoms with Gasteiger partial charge in [0.05, 0.1) is 29.1 Å². The number of ether oxygens (including phenoxy) is 1. The maximum atomic E-state index is 13.2. The highest BCUT2D eigenvalue weighted by Gasteiger charge is 2.33. The second-order valence-corrected chi connectivity index (χ2v) is 7.11.